The van der Waals surface area contributed by atoms with E-state index in [1.165, 1.54) is 25.1 Å². The van der Waals surface area contributed by atoms with Gasteiger partial charge in [-0.05, 0) is 44.5 Å². The lowest BCUT2D eigenvalue weighted by Crippen LogP contribution is -2.44. The maximum absolute atomic E-state index is 5.46. The molecule has 2 atom stereocenters. The quantitative estimate of drug-likeness (QED) is 0.821. The van der Waals surface area contributed by atoms with Gasteiger partial charge in [0.1, 0.15) is 11.4 Å². The number of nitrogens with zero attached hydrogens (tertiary/aromatic N) is 2. The number of nitrogens with one attached hydrogen (secondary N) is 1. The van der Waals surface area contributed by atoms with Crippen molar-refractivity contribution in [2.45, 2.75) is 46.6 Å². The molecule has 0 bridgehead atoms. The monoisotopic (exact) mass is 351 g/mol. The Morgan fingerprint density at radius 2 is 1.76 bits per heavy atom. The van der Waals surface area contributed by atoms with Crippen molar-refractivity contribution in [1.29, 1.82) is 0 Å². The van der Waals surface area contributed by atoms with Crippen LogP contribution >= 0.6 is 0 Å². The van der Waals surface area contributed by atoms with E-state index in [0.29, 0.717) is 0 Å². The smallest absolute Gasteiger partial charge is 0.146 e. The first-order chi connectivity index (χ1) is 12.2. The molecular formula is C20H37N3O2. The van der Waals surface area contributed by atoms with Crippen molar-refractivity contribution in [1.82, 2.24) is 4.90 Å². The Balaban J connectivity index is 0.000000730. The molecular weight excluding hydrogens is 314 g/mol. The van der Waals surface area contributed by atoms with Crippen molar-refractivity contribution >= 4 is 11.4 Å². The number of ether oxygens (including phenoxy) is 1. The minimum atomic E-state index is 0.776. The number of fused-ring (bicyclic) bond motifs is 1. The SMILES string of the molecule is CC.CC.CONc1ccc(N2CCC3C(CCN3C)C2)cc1OC. The largest absolute Gasteiger partial charge is 0.494 e. The Bertz CT molecular complexity index is 496. The molecule has 1 aromatic rings. The van der Waals surface area contributed by atoms with E-state index in [2.05, 4.69) is 34.5 Å². The predicted octanol–water partition coefficient (Wildman–Crippen LogP) is 4.25. The van der Waals surface area contributed by atoms with Gasteiger partial charge >= 0.3 is 0 Å². The van der Waals surface area contributed by atoms with Gasteiger partial charge in [-0.25, -0.2) is 0 Å². The fourth-order valence-corrected chi connectivity index (χ4v) is 3.72. The van der Waals surface area contributed by atoms with Gasteiger partial charge in [0.15, 0.2) is 0 Å². The molecule has 0 amide bonds. The molecule has 0 radical (unpaired) electrons. The zero-order valence-corrected chi connectivity index (χ0v) is 17.1. The first-order valence-electron chi connectivity index (χ1n) is 9.65. The highest BCUT2D eigenvalue weighted by molar-refractivity contribution is 5.64. The van der Waals surface area contributed by atoms with Gasteiger partial charge in [0.2, 0.25) is 0 Å². The molecule has 2 unspecified atom stereocenters. The van der Waals surface area contributed by atoms with Crippen LogP contribution < -0.4 is 15.1 Å². The first-order valence-corrected chi connectivity index (χ1v) is 9.65. The van der Waals surface area contributed by atoms with Crippen molar-refractivity contribution in [2.75, 3.05) is 51.3 Å². The summed E-state index contributed by atoms with van der Waals surface area (Å²) in [4.78, 5) is 9.98. The predicted molar refractivity (Wildman–Crippen MR) is 108 cm³/mol. The number of methoxy groups -OCH3 is 1. The molecule has 0 saturated carbocycles. The zero-order chi connectivity index (χ0) is 18.8. The minimum Gasteiger partial charge on any atom is -0.494 e. The molecule has 5 nitrogen and oxygen atoms in total. The van der Waals surface area contributed by atoms with Crippen molar-refractivity contribution in [3.8, 4) is 5.75 Å². The number of hydrogen-bond acceptors (Lipinski definition) is 5. The zero-order valence-electron chi connectivity index (χ0n) is 17.1. The molecule has 25 heavy (non-hydrogen) atoms. The summed E-state index contributed by atoms with van der Waals surface area (Å²) in [6.45, 7) is 11.5. The summed E-state index contributed by atoms with van der Waals surface area (Å²) in [6, 6.07) is 7.03. The van der Waals surface area contributed by atoms with Gasteiger partial charge < -0.3 is 14.5 Å². The third kappa shape index (κ3) is 5.25. The van der Waals surface area contributed by atoms with Gasteiger partial charge in [-0.15, -0.1) is 0 Å². The highest BCUT2D eigenvalue weighted by atomic mass is 16.6. The second kappa shape index (κ2) is 11.2. The van der Waals surface area contributed by atoms with Crippen LogP contribution in [0.15, 0.2) is 18.2 Å². The van der Waals surface area contributed by atoms with Crippen molar-refractivity contribution in [3.05, 3.63) is 18.2 Å². The average Bonchev–Trinajstić information content (AvgIpc) is 3.06. The van der Waals surface area contributed by atoms with Gasteiger partial charge in [-0.3, -0.25) is 10.3 Å². The molecule has 1 aromatic carbocycles. The molecule has 5 heteroatoms. The van der Waals surface area contributed by atoms with E-state index in [9.17, 15) is 0 Å². The summed E-state index contributed by atoms with van der Waals surface area (Å²) in [7, 11) is 5.56. The molecule has 2 fully saturated rings. The van der Waals surface area contributed by atoms with E-state index in [4.69, 9.17) is 9.57 Å². The second-order valence-corrected chi connectivity index (χ2v) is 6.02. The lowest BCUT2D eigenvalue weighted by Gasteiger charge is -2.38. The maximum atomic E-state index is 5.46. The number of hydrogen-bond donors (Lipinski definition) is 1. The number of anilines is 2. The fraction of sp³-hybridized carbons (Fsp3) is 0.700. The third-order valence-electron chi connectivity index (χ3n) is 4.87. The average molecular weight is 352 g/mol. The Kier molecular flexibility index (Phi) is 9.68. The molecule has 0 aromatic heterocycles. The number of piperidine rings is 1. The molecule has 2 heterocycles. The van der Waals surface area contributed by atoms with Crippen LogP contribution in [-0.4, -0.2) is 51.8 Å². The Morgan fingerprint density at radius 3 is 2.40 bits per heavy atom. The summed E-state index contributed by atoms with van der Waals surface area (Å²) in [5.74, 6) is 1.62. The highest BCUT2D eigenvalue weighted by Crippen LogP contribution is 2.35. The third-order valence-corrected chi connectivity index (χ3v) is 4.87. The first kappa shape index (κ1) is 21.6. The van der Waals surface area contributed by atoms with E-state index in [0.717, 1.165) is 36.5 Å². The van der Waals surface area contributed by atoms with Gasteiger partial charge in [0.05, 0.1) is 14.2 Å². The van der Waals surface area contributed by atoms with E-state index in [1.807, 2.05) is 33.8 Å². The summed E-state index contributed by atoms with van der Waals surface area (Å²) in [5.41, 5.74) is 4.95. The highest BCUT2D eigenvalue weighted by Gasteiger charge is 2.36. The summed E-state index contributed by atoms with van der Waals surface area (Å²) in [6.07, 6.45) is 2.57. The second-order valence-electron chi connectivity index (χ2n) is 6.02. The van der Waals surface area contributed by atoms with E-state index < -0.39 is 0 Å². The molecule has 1 N–H and O–H groups in total. The molecule has 144 valence electrons. The fourth-order valence-electron chi connectivity index (χ4n) is 3.72. The van der Waals surface area contributed by atoms with Crippen LogP contribution in [0.25, 0.3) is 0 Å². The number of rotatable bonds is 4. The van der Waals surface area contributed by atoms with Crippen LogP contribution in [0.5, 0.6) is 5.75 Å². The molecule has 0 spiro atoms. The van der Waals surface area contributed by atoms with E-state index in [1.54, 1.807) is 14.2 Å². The van der Waals surface area contributed by atoms with Crippen molar-refractivity contribution in [3.63, 3.8) is 0 Å². The van der Waals surface area contributed by atoms with Crippen molar-refractivity contribution < 1.29 is 9.57 Å². The lowest BCUT2D eigenvalue weighted by molar-refractivity contribution is 0.239. The Morgan fingerprint density at radius 1 is 1.04 bits per heavy atom. The minimum absolute atomic E-state index is 0.776. The van der Waals surface area contributed by atoms with Gasteiger partial charge in [-0.1, -0.05) is 27.7 Å². The van der Waals surface area contributed by atoms with Crippen LogP contribution in [0.4, 0.5) is 11.4 Å². The summed E-state index contributed by atoms with van der Waals surface area (Å²) in [5, 5.41) is 0. The van der Waals surface area contributed by atoms with Crippen LogP contribution in [-0.2, 0) is 4.84 Å². The molecule has 2 aliphatic heterocycles. The summed E-state index contributed by atoms with van der Waals surface area (Å²) >= 11 is 0. The topological polar surface area (TPSA) is 37.0 Å². The van der Waals surface area contributed by atoms with Gasteiger partial charge in [0, 0.05) is 30.9 Å². The van der Waals surface area contributed by atoms with Crippen LogP contribution in [0.1, 0.15) is 40.5 Å². The molecule has 3 rings (SSSR count). The van der Waals surface area contributed by atoms with Crippen LogP contribution in [0, 0.1) is 5.92 Å². The Labute approximate surface area is 154 Å². The molecule has 0 aliphatic carbocycles. The van der Waals surface area contributed by atoms with E-state index >= 15 is 0 Å². The summed E-state index contributed by atoms with van der Waals surface area (Å²) < 4.78 is 5.46. The van der Waals surface area contributed by atoms with Crippen molar-refractivity contribution in [2.24, 2.45) is 5.92 Å². The molecule has 2 aliphatic rings. The number of benzene rings is 1. The lowest BCUT2D eigenvalue weighted by atomic mass is 9.92. The maximum Gasteiger partial charge on any atom is 0.146 e. The number of likely N-dealkylation sites (tertiary alicyclic amines) is 1. The molecule has 2 saturated heterocycles. The van der Waals surface area contributed by atoms with Crippen LogP contribution in [0.2, 0.25) is 0 Å². The Hall–Kier alpha value is -1.46. The van der Waals surface area contributed by atoms with Crippen LogP contribution in [0.3, 0.4) is 0 Å². The van der Waals surface area contributed by atoms with E-state index in [-0.39, 0.29) is 0 Å². The normalized spacial score (nSPS) is 22.1. The van der Waals surface area contributed by atoms with Gasteiger partial charge in [-0.2, -0.15) is 0 Å². The standard InChI is InChI=1S/C16H25N3O2.2C2H6/c1-18-8-6-12-11-19(9-7-15(12)18)13-4-5-14(17-21-3)16(10-13)20-2;2*1-2/h4-5,10,12,15,17H,6-9,11H2,1-3H3;2*1-2H3. The van der Waals surface area contributed by atoms with Gasteiger partial charge in [0.25, 0.3) is 0 Å².